The Balaban J connectivity index is 1.55. The van der Waals surface area contributed by atoms with Crippen molar-refractivity contribution < 1.29 is 9.47 Å². The van der Waals surface area contributed by atoms with E-state index in [4.69, 9.17) is 9.47 Å². The molecule has 2 aromatic carbocycles. The van der Waals surface area contributed by atoms with Gasteiger partial charge in [0.2, 0.25) is 0 Å². The predicted octanol–water partition coefficient (Wildman–Crippen LogP) is 11.9. The van der Waals surface area contributed by atoms with Crippen molar-refractivity contribution in [2.24, 2.45) is 0 Å². The van der Waals surface area contributed by atoms with E-state index in [2.05, 4.69) is 69.3 Å². The van der Waals surface area contributed by atoms with Crippen molar-refractivity contribution in [3.63, 3.8) is 0 Å². The summed E-state index contributed by atoms with van der Waals surface area (Å²) in [6.45, 7) is 8.40. The molecule has 0 saturated carbocycles. The molecule has 0 N–H and O–H groups in total. The van der Waals surface area contributed by atoms with Gasteiger partial charge in [0, 0.05) is 6.61 Å². The van der Waals surface area contributed by atoms with Crippen LogP contribution < -0.4 is 4.74 Å². The third-order valence-electron chi connectivity index (χ3n) is 7.70. The normalized spacial score (nSPS) is 12.1. The maximum Gasteiger partial charge on any atom is 0.119 e. The average molecular weight is 523 g/mol. The highest BCUT2D eigenvalue weighted by molar-refractivity contribution is 5.64. The van der Waals surface area contributed by atoms with Gasteiger partial charge in [-0.25, -0.2) is 0 Å². The third kappa shape index (κ3) is 15.0. The summed E-state index contributed by atoms with van der Waals surface area (Å²) >= 11 is 0. The minimum atomic E-state index is 0.148. The van der Waals surface area contributed by atoms with E-state index in [-0.39, 0.29) is 6.10 Å². The van der Waals surface area contributed by atoms with Gasteiger partial charge in [-0.05, 0) is 48.6 Å². The second-order valence-electron chi connectivity index (χ2n) is 11.2. The summed E-state index contributed by atoms with van der Waals surface area (Å²) in [7, 11) is 0. The van der Waals surface area contributed by atoms with Crippen molar-refractivity contribution in [3.8, 4) is 16.9 Å². The first kappa shape index (κ1) is 32.4. The Kier molecular flexibility index (Phi) is 18.8. The highest BCUT2D eigenvalue weighted by Crippen LogP contribution is 2.26. The molecular formula is C36H58O2. The van der Waals surface area contributed by atoms with E-state index >= 15 is 0 Å². The van der Waals surface area contributed by atoms with Gasteiger partial charge in [-0.1, -0.05) is 153 Å². The molecule has 0 aliphatic heterocycles. The molecule has 2 nitrogen and oxygen atoms in total. The number of ether oxygens (including phenoxy) is 2. The summed E-state index contributed by atoms with van der Waals surface area (Å²) in [5, 5.41) is 0. The van der Waals surface area contributed by atoms with Crippen molar-refractivity contribution in [1.29, 1.82) is 0 Å². The maximum atomic E-state index is 6.14. The smallest absolute Gasteiger partial charge is 0.119 e. The van der Waals surface area contributed by atoms with Crippen LogP contribution in [0.4, 0.5) is 0 Å². The molecule has 0 aromatic heterocycles. The number of rotatable bonds is 24. The molecule has 1 atom stereocenters. The molecule has 0 heterocycles. The van der Waals surface area contributed by atoms with Crippen LogP contribution in [0, 0.1) is 0 Å². The summed E-state index contributed by atoms with van der Waals surface area (Å²) < 4.78 is 12.1. The molecule has 0 spiro atoms. The van der Waals surface area contributed by atoms with Gasteiger partial charge in [0.05, 0.1) is 12.7 Å². The molecule has 0 aliphatic carbocycles. The number of unbranched alkanes of at least 4 members (excludes halogenated alkanes) is 16. The fourth-order valence-corrected chi connectivity index (χ4v) is 5.06. The fourth-order valence-electron chi connectivity index (χ4n) is 5.06. The van der Waals surface area contributed by atoms with Gasteiger partial charge in [-0.15, -0.1) is 0 Å². The molecule has 2 heteroatoms. The quantitative estimate of drug-likeness (QED) is 0.128. The molecule has 0 aliphatic rings. The van der Waals surface area contributed by atoms with E-state index in [0.717, 1.165) is 25.4 Å². The molecule has 214 valence electrons. The van der Waals surface area contributed by atoms with Crippen LogP contribution in [0.5, 0.6) is 5.75 Å². The molecular weight excluding hydrogens is 464 g/mol. The Morgan fingerprint density at radius 1 is 0.474 bits per heavy atom. The van der Waals surface area contributed by atoms with Crippen LogP contribution in [-0.4, -0.2) is 13.2 Å². The maximum absolute atomic E-state index is 6.14. The zero-order chi connectivity index (χ0) is 27.1. The Morgan fingerprint density at radius 3 is 1.34 bits per heavy atom. The molecule has 1 unspecified atom stereocenters. The second kappa shape index (κ2) is 22.1. The molecule has 38 heavy (non-hydrogen) atoms. The summed E-state index contributed by atoms with van der Waals surface area (Å²) in [4.78, 5) is 0. The van der Waals surface area contributed by atoms with E-state index in [1.165, 1.54) is 126 Å². The fraction of sp³-hybridized carbons (Fsp3) is 0.667. The van der Waals surface area contributed by atoms with E-state index in [1.807, 2.05) is 0 Å². The van der Waals surface area contributed by atoms with Crippen molar-refractivity contribution in [3.05, 3.63) is 54.1 Å². The Bertz CT molecular complexity index is 780. The van der Waals surface area contributed by atoms with Crippen LogP contribution in [0.2, 0.25) is 0 Å². The van der Waals surface area contributed by atoms with Crippen LogP contribution in [-0.2, 0) is 4.74 Å². The van der Waals surface area contributed by atoms with Gasteiger partial charge in [0.25, 0.3) is 0 Å². The first-order valence-corrected chi connectivity index (χ1v) is 16.2. The summed E-state index contributed by atoms with van der Waals surface area (Å²) in [5.74, 6) is 0.971. The van der Waals surface area contributed by atoms with Crippen molar-refractivity contribution in [2.75, 3.05) is 13.2 Å². The molecule has 0 saturated heterocycles. The lowest BCUT2D eigenvalue weighted by Crippen LogP contribution is -2.01. The Morgan fingerprint density at radius 2 is 0.868 bits per heavy atom. The van der Waals surface area contributed by atoms with Gasteiger partial charge in [0.1, 0.15) is 5.75 Å². The molecule has 2 aromatic rings. The van der Waals surface area contributed by atoms with Crippen LogP contribution >= 0.6 is 0 Å². The van der Waals surface area contributed by atoms with Crippen LogP contribution in [0.1, 0.15) is 148 Å². The Hall–Kier alpha value is -1.80. The number of hydrogen-bond acceptors (Lipinski definition) is 2. The van der Waals surface area contributed by atoms with Crippen LogP contribution in [0.25, 0.3) is 11.1 Å². The molecule has 0 bridgehead atoms. The van der Waals surface area contributed by atoms with Crippen molar-refractivity contribution >= 4 is 0 Å². The number of benzene rings is 2. The first-order valence-electron chi connectivity index (χ1n) is 16.2. The lowest BCUT2D eigenvalue weighted by atomic mass is 10.0. The summed E-state index contributed by atoms with van der Waals surface area (Å²) in [6, 6.07) is 17.4. The first-order chi connectivity index (χ1) is 18.7. The summed E-state index contributed by atoms with van der Waals surface area (Å²) in [6.07, 6.45) is 24.4. The summed E-state index contributed by atoms with van der Waals surface area (Å²) in [5.41, 5.74) is 3.73. The third-order valence-corrected chi connectivity index (χ3v) is 7.70. The second-order valence-corrected chi connectivity index (χ2v) is 11.2. The highest BCUT2D eigenvalue weighted by atomic mass is 16.5. The minimum absolute atomic E-state index is 0.148. The van der Waals surface area contributed by atoms with E-state index in [1.54, 1.807) is 0 Å². The van der Waals surface area contributed by atoms with Gasteiger partial charge < -0.3 is 9.47 Å². The standard InChI is InChI=1S/C36H58O2/c1-4-6-8-10-12-13-14-15-16-17-19-20-30-37-32(3)33-22-24-34(25-23-33)35-26-28-36(29-27-35)38-31-21-18-11-9-7-5-2/h22-29,32H,4-21,30-31H2,1-3H3. The van der Waals surface area contributed by atoms with Gasteiger partial charge in [0.15, 0.2) is 0 Å². The molecule has 0 radical (unpaired) electrons. The van der Waals surface area contributed by atoms with Crippen LogP contribution in [0.3, 0.4) is 0 Å². The monoisotopic (exact) mass is 522 g/mol. The number of hydrogen-bond donors (Lipinski definition) is 0. The molecule has 2 rings (SSSR count). The van der Waals surface area contributed by atoms with E-state index in [9.17, 15) is 0 Å². The topological polar surface area (TPSA) is 18.5 Å². The van der Waals surface area contributed by atoms with E-state index < -0.39 is 0 Å². The zero-order valence-electron chi connectivity index (χ0n) is 25.2. The zero-order valence-corrected chi connectivity index (χ0v) is 25.2. The molecule has 0 fully saturated rings. The van der Waals surface area contributed by atoms with E-state index in [0.29, 0.717) is 0 Å². The van der Waals surface area contributed by atoms with Crippen molar-refractivity contribution in [1.82, 2.24) is 0 Å². The van der Waals surface area contributed by atoms with Gasteiger partial charge >= 0.3 is 0 Å². The lowest BCUT2D eigenvalue weighted by molar-refractivity contribution is 0.0627. The Labute approximate surface area is 235 Å². The SMILES string of the molecule is CCCCCCCCCCCCCCOC(C)c1ccc(-c2ccc(OCCCCCCCC)cc2)cc1. The van der Waals surface area contributed by atoms with Gasteiger partial charge in [-0.2, -0.15) is 0 Å². The minimum Gasteiger partial charge on any atom is -0.494 e. The molecule has 0 amide bonds. The predicted molar refractivity (Wildman–Crippen MR) is 166 cm³/mol. The highest BCUT2D eigenvalue weighted by Gasteiger charge is 2.07. The largest absolute Gasteiger partial charge is 0.494 e. The van der Waals surface area contributed by atoms with Crippen LogP contribution in [0.15, 0.2) is 48.5 Å². The van der Waals surface area contributed by atoms with Crippen molar-refractivity contribution in [2.45, 2.75) is 142 Å². The average Bonchev–Trinajstić information content (AvgIpc) is 2.95. The lowest BCUT2D eigenvalue weighted by Gasteiger charge is -2.14. The van der Waals surface area contributed by atoms with Gasteiger partial charge in [-0.3, -0.25) is 0 Å².